The third kappa shape index (κ3) is 3.59. The zero-order chi connectivity index (χ0) is 19.5. The lowest BCUT2D eigenvalue weighted by molar-refractivity contribution is 0.0602. The number of benzene rings is 3. The summed E-state index contributed by atoms with van der Waals surface area (Å²) in [5.41, 5.74) is 4.32. The van der Waals surface area contributed by atoms with Crippen LogP contribution in [0.25, 0.3) is 10.9 Å². The quantitative estimate of drug-likeness (QED) is 0.433. The first-order chi connectivity index (χ1) is 13.7. The average molecular weight is 391 g/mol. The molecule has 0 aliphatic rings. The molecule has 140 valence electrons. The number of aromatic nitrogens is 1. The van der Waals surface area contributed by atoms with Crippen LogP contribution in [-0.4, -0.2) is 17.6 Å². The Kier molecular flexibility index (Phi) is 5.04. The number of ether oxygens (including phenoxy) is 1. The number of esters is 1. The number of hydrogen-bond donors (Lipinski definition) is 1. The standard InChI is InChI=1S/C23H19ClN2O2/c1-28-23(27)19-14-17(24)10-11-21(19)25-20-8-5-9-22-18(20)12-13-26(22)15-16-6-3-2-4-7-16/h2-14,25H,15H2,1H3. The molecule has 0 spiro atoms. The summed E-state index contributed by atoms with van der Waals surface area (Å²) in [5, 5.41) is 4.92. The Hall–Kier alpha value is -3.24. The SMILES string of the molecule is COC(=O)c1cc(Cl)ccc1Nc1cccc2c1ccn2Cc1ccccc1. The second kappa shape index (κ2) is 7.79. The van der Waals surface area contributed by atoms with Gasteiger partial charge in [-0.25, -0.2) is 4.79 Å². The van der Waals surface area contributed by atoms with Crippen molar-refractivity contribution < 1.29 is 9.53 Å². The number of nitrogens with one attached hydrogen (secondary N) is 1. The predicted octanol–water partition coefficient (Wildman–Crippen LogP) is 5.87. The number of halogens is 1. The van der Waals surface area contributed by atoms with Crippen molar-refractivity contribution in [2.75, 3.05) is 12.4 Å². The number of rotatable bonds is 5. The van der Waals surface area contributed by atoms with Crippen molar-refractivity contribution in [3.8, 4) is 0 Å². The van der Waals surface area contributed by atoms with E-state index in [0.29, 0.717) is 16.3 Å². The highest BCUT2D eigenvalue weighted by Crippen LogP contribution is 2.30. The van der Waals surface area contributed by atoms with E-state index in [1.54, 1.807) is 18.2 Å². The van der Waals surface area contributed by atoms with Crippen molar-refractivity contribution in [1.29, 1.82) is 0 Å². The van der Waals surface area contributed by atoms with Gasteiger partial charge in [-0.1, -0.05) is 48.0 Å². The molecule has 1 aromatic heterocycles. The van der Waals surface area contributed by atoms with E-state index in [9.17, 15) is 4.79 Å². The summed E-state index contributed by atoms with van der Waals surface area (Å²) in [6.45, 7) is 0.794. The minimum atomic E-state index is -0.432. The molecule has 4 nitrogen and oxygen atoms in total. The third-order valence-electron chi connectivity index (χ3n) is 4.67. The van der Waals surface area contributed by atoms with Crippen molar-refractivity contribution in [1.82, 2.24) is 4.57 Å². The second-order valence-corrected chi connectivity index (χ2v) is 6.91. The van der Waals surface area contributed by atoms with Crippen LogP contribution in [0.2, 0.25) is 5.02 Å². The molecule has 0 unspecified atom stereocenters. The van der Waals surface area contributed by atoms with Gasteiger partial charge >= 0.3 is 5.97 Å². The predicted molar refractivity (Wildman–Crippen MR) is 114 cm³/mol. The molecule has 0 aliphatic heterocycles. The molecule has 4 aromatic rings. The van der Waals surface area contributed by atoms with Crippen LogP contribution in [0.5, 0.6) is 0 Å². The van der Waals surface area contributed by atoms with E-state index in [1.807, 2.05) is 30.3 Å². The summed E-state index contributed by atoms with van der Waals surface area (Å²) in [7, 11) is 1.36. The zero-order valence-electron chi connectivity index (χ0n) is 15.4. The van der Waals surface area contributed by atoms with Gasteiger partial charge in [0.2, 0.25) is 0 Å². The molecule has 0 aliphatic carbocycles. The van der Waals surface area contributed by atoms with E-state index < -0.39 is 5.97 Å². The number of fused-ring (bicyclic) bond motifs is 1. The number of hydrogen-bond acceptors (Lipinski definition) is 3. The number of carbonyl (C=O) groups is 1. The molecule has 0 bridgehead atoms. The lowest BCUT2D eigenvalue weighted by Crippen LogP contribution is -2.06. The van der Waals surface area contributed by atoms with E-state index in [-0.39, 0.29) is 0 Å². The molecule has 0 radical (unpaired) electrons. The maximum atomic E-state index is 12.1. The first-order valence-corrected chi connectivity index (χ1v) is 9.30. The molecule has 5 heteroatoms. The summed E-state index contributed by atoms with van der Waals surface area (Å²) in [5.74, 6) is -0.432. The molecule has 0 atom stereocenters. The van der Waals surface area contributed by atoms with Crippen molar-refractivity contribution in [2.45, 2.75) is 6.54 Å². The van der Waals surface area contributed by atoms with E-state index in [0.717, 1.165) is 23.1 Å². The van der Waals surface area contributed by atoms with Crippen LogP contribution >= 0.6 is 11.6 Å². The van der Waals surface area contributed by atoms with Crippen molar-refractivity contribution in [2.24, 2.45) is 0 Å². The van der Waals surface area contributed by atoms with Crippen molar-refractivity contribution >= 4 is 39.8 Å². The highest BCUT2D eigenvalue weighted by Gasteiger charge is 2.14. The van der Waals surface area contributed by atoms with E-state index in [2.05, 4.69) is 40.3 Å². The molecule has 0 saturated heterocycles. The first-order valence-electron chi connectivity index (χ1n) is 8.92. The minimum absolute atomic E-state index is 0.399. The van der Waals surface area contributed by atoms with Crippen LogP contribution in [0, 0.1) is 0 Å². The van der Waals surface area contributed by atoms with Crippen molar-refractivity contribution in [3.05, 3.63) is 95.1 Å². The van der Waals surface area contributed by atoms with Gasteiger partial charge < -0.3 is 14.6 Å². The number of carbonyl (C=O) groups excluding carboxylic acids is 1. The van der Waals surface area contributed by atoms with Crippen LogP contribution in [0.15, 0.2) is 79.0 Å². The molecule has 1 N–H and O–H groups in total. The molecule has 0 saturated carbocycles. The Morgan fingerprint density at radius 2 is 1.82 bits per heavy atom. The van der Waals surface area contributed by atoms with E-state index >= 15 is 0 Å². The fourth-order valence-corrected chi connectivity index (χ4v) is 3.47. The van der Waals surface area contributed by atoms with Gasteiger partial charge in [0.1, 0.15) is 0 Å². The normalized spacial score (nSPS) is 10.8. The highest BCUT2D eigenvalue weighted by molar-refractivity contribution is 6.31. The van der Waals surface area contributed by atoms with Gasteiger partial charge in [0.25, 0.3) is 0 Å². The lowest BCUT2D eigenvalue weighted by atomic mass is 10.1. The Bertz CT molecular complexity index is 1140. The van der Waals surface area contributed by atoms with Gasteiger partial charge in [-0.05, 0) is 42.0 Å². The van der Waals surface area contributed by atoms with Gasteiger partial charge in [-0.3, -0.25) is 0 Å². The molecular weight excluding hydrogens is 372 g/mol. The molecule has 0 amide bonds. The maximum absolute atomic E-state index is 12.1. The smallest absolute Gasteiger partial charge is 0.340 e. The monoisotopic (exact) mass is 390 g/mol. The fraction of sp³-hybridized carbons (Fsp3) is 0.0870. The summed E-state index contributed by atoms with van der Waals surface area (Å²) >= 11 is 6.06. The molecule has 4 rings (SSSR count). The molecular formula is C23H19ClN2O2. The number of nitrogens with zero attached hydrogens (tertiary/aromatic N) is 1. The third-order valence-corrected chi connectivity index (χ3v) is 4.90. The summed E-state index contributed by atoms with van der Waals surface area (Å²) < 4.78 is 7.09. The summed E-state index contributed by atoms with van der Waals surface area (Å²) in [6.07, 6.45) is 2.08. The molecule has 1 heterocycles. The molecule has 3 aromatic carbocycles. The minimum Gasteiger partial charge on any atom is -0.465 e. The van der Waals surface area contributed by atoms with Crippen LogP contribution in [-0.2, 0) is 11.3 Å². The first kappa shape index (κ1) is 18.1. The van der Waals surface area contributed by atoms with Gasteiger partial charge in [0.15, 0.2) is 0 Å². The number of anilines is 2. The van der Waals surface area contributed by atoms with Gasteiger partial charge in [-0.15, -0.1) is 0 Å². The van der Waals surface area contributed by atoms with Crippen LogP contribution in [0.3, 0.4) is 0 Å². The highest BCUT2D eigenvalue weighted by atomic mass is 35.5. The number of methoxy groups -OCH3 is 1. The van der Waals surface area contributed by atoms with Crippen molar-refractivity contribution in [3.63, 3.8) is 0 Å². The van der Waals surface area contributed by atoms with E-state index in [4.69, 9.17) is 16.3 Å². The molecule has 28 heavy (non-hydrogen) atoms. The summed E-state index contributed by atoms with van der Waals surface area (Å²) in [4.78, 5) is 12.1. The Balaban J connectivity index is 1.70. The topological polar surface area (TPSA) is 43.3 Å². The zero-order valence-corrected chi connectivity index (χ0v) is 16.1. The maximum Gasteiger partial charge on any atom is 0.340 e. The fourth-order valence-electron chi connectivity index (χ4n) is 3.30. The Morgan fingerprint density at radius 3 is 2.61 bits per heavy atom. The molecule has 0 fully saturated rings. The van der Waals surface area contributed by atoms with Crippen LogP contribution < -0.4 is 5.32 Å². The Labute approximate surface area is 168 Å². The summed E-state index contributed by atoms with van der Waals surface area (Å²) in [6, 6.07) is 23.6. The Morgan fingerprint density at radius 1 is 1.00 bits per heavy atom. The van der Waals surface area contributed by atoms with Gasteiger partial charge in [-0.2, -0.15) is 0 Å². The van der Waals surface area contributed by atoms with E-state index in [1.165, 1.54) is 12.7 Å². The van der Waals surface area contributed by atoms with Crippen LogP contribution in [0.4, 0.5) is 11.4 Å². The van der Waals surface area contributed by atoms with Crippen LogP contribution in [0.1, 0.15) is 15.9 Å². The van der Waals surface area contributed by atoms with Gasteiger partial charge in [0, 0.05) is 28.8 Å². The average Bonchev–Trinajstić information content (AvgIpc) is 3.13. The lowest BCUT2D eigenvalue weighted by Gasteiger charge is -2.13. The van der Waals surface area contributed by atoms with Gasteiger partial charge in [0.05, 0.1) is 23.9 Å². The largest absolute Gasteiger partial charge is 0.465 e. The second-order valence-electron chi connectivity index (χ2n) is 6.47.